The third kappa shape index (κ3) is 2.96. The molecular formula is C14H19NO3. The Kier molecular flexibility index (Phi) is 4.62. The molecule has 0 heterocycles. The maximum atomic E-state index is 12.2. The second-order valence-electron chi connectivity index (χ2n) is 4.65. The summed E-state index contributed by atoms with van der Waals surface area (Å²) in [6.45, 7) is 5.88. The van der Waals surface area contributed by atoms with Gasteiger partial charge in [-0.3, -0.25) is 9.59 Å². The number of likely N-dealkylation sites (N-methyl/N-ethyl adjacent to an activating group) is 1. The summed E-state index contributed by atoms with van der Waals surface area (Å²) in [5, 5.41) is 11.5. The van der Waals surface area contributed by atoms with Gasteiger partial charge in [0.05, 0.1) is 0 Å². The average molecular weight is 249 g/mol. The van der Waals surface area contributed by atoms with Crippen molar-refractivity contribution in [2.45, 2.75) is 32.7 Å². The van der Waals surface area contributed by atoms with Crippen molar-refractivity contribution in [3.05, 3.63) is 34.9 Å². The highest BCUT2D eigenvalue weighted by Crippen LogP contribution is 2.19. The molecule has 0 saturated carbocycles. The van der Waals surface area contributed by atoms with Gasteiger partial charge in [-0.15, -0.1) is 0 Å². The van der Waals surface area contributed by atoms with Crippen LogP contribution in [-0.2, 0) is 4.79 Å². The number of ketones is 1. The Hall–Kier alpha value is -1.68. The van der Waals surface area contributed by atoms with Crippen LogP contribution in [0.15, 0.2) is 18.2 Å². The van der Waals surface area contributed by atoms with Gasteiger partial charge in [0.25, 0.3) is 0 Å². The first-order valence-electron chi connectivity index (χ1n) is 5.93. The predicted octanol–water partition coefficient (Wildman–Crippen LogP) is 1.97. The van der Waals surface area contributed by atoms with E-state index >= 15 is 0 Å². The largest absolute Gasteiger partial charge is 0.480 e. The van der Waals surface area contributed by atoms with E-state index in [4.69, 9.17) is 5.11 Å². The van der Waals surface area contributed by atoms with Crippen LogP contribution in [0.1, 0.15) is 41.3 Å². The molecule has 1 rings (SSSR count). The summed E-state index contributed by atoms with van der Waals surface area (Å²) in [6.07, 6.45) is 0. The quantitative estimate of drug-likeness (QED) is 0.618. The molecule has 0 aliphatic carbocycles. The predicted molar refractivity (Wildman–Crippen MR) is 70.1 cm³/mol. The minimum absolute atomic E-state index is 0.301. The Morgan fingerprint density at radius 2 is 1.89 bits per heavy atom. The number of hydrogen-bond donors (Lipinski definition) is 2. The monoisotopic (exact) mass is 249 g/mol. The molecular weight excluding hydrogens is 230 g/mol. The molecule has 0 spiro atoms. The lowest BCUT2D eigenvalue weighted by Gasteiger charge is -2.14. The van der Waals surface area contributed by atoms with Gasteiger partial charge in [0.1, 0.15) is 0 Å². The Labute approximate surface area is 107 Å². The highest BCUT2D eigenvalue weighted by molar-refractivity contribution is 6.12. The fraction of sp³-hybridized carbons (Fsp3) is 0.429. The lowest BCUT2D eigenvalue weighted by atomic mass is 9.93. The van der Waals surface area contributed by atoms with E-state index in [0.29, 0.717) is 11.5 Å². The molecule has 1 atom stereocenters. The van der Waals surface area contributed by atoms with Crippen LogP contribution in [0.5, 0.6) is 0 Å². The van der Waals surface area contributed by atoms with Gasteiger partial charge in [-0.05, 0) is 37.1 Å². The lowest BCUT2D eigenvalue weighted by Crippen LogP contribution is -2.41. The number of benzene rings is 1. The van der Waals surface area contributed by atoms with Gasteiger partial charge in [0, 0.05) is 5.56 Å². The highest BCUT2D eigenvalue weighted by Gasteiger charge is 2.26. The summed E-state index contributed by atoms with van der Waals surface area (Å²) in [5.74, 6) is -1.25. The Morgan fingerprint density at radius 1 is 1.28 bits per heavy atom. The van der Waals surface area contributed by atoms with Crippen molar-refractivity contribution in [3.63, 3.8) is 0 Å². The fourth-order valence-electron chi connectivity index (χ4n) is 1.79. The van der Waals surface area contributed by atoms with Crippen LogP contribution in [0.4, 0.5) is 0 Å². The van der Waals surface area contributed by atoms with Crippen LogP contribution < -0.4 is 5.32 Å². The zero-order valence-electron chi connectivity index (χ0n) is 11.2. The highest BCUT2D eigenvalue weighted by atomic mass is 16.4. The van der Waals surface area contributed by atoms with E-state index in [0.717, 1.165) is 11.1 Å². The van der Waals surface area contributed by atoms with Crippen LogP contribution in [0.3, 0.4) is 0 Å². The van der Waals surface area contributed by atoms with E-state index in [9.17, 15) is 9.59 Å². The van der Waals surface area contributed by atoms with Gasteiger partial charge in [-0.1, -0.05) is 26.0 Å². The summed E-state index contributed by atoms with van der Waals surface area (Å²) in [6, 6.07) is 4.42. The lowest BCUT2D eigenvalue weighted by molar-refractivity contribution is -0.137. The minimum Gasteiger partial charge on any atom is -0.480 e. The normalized spacial score (nSPS) is 12.5. The molecule has 1 aromatic rings. The standard InChI is InChI=1S/C14H19NO3/c1-8(2)10-6-5-9(3)11(7-10)13(16)12(15-4)14(17)18/h5-8,12,15H,1-4H3,(H,17,18). The molecule has 4 nitrogen and oxygen atoms in total. The van der Waals surface area contributed by atoms with E-state index < -0.39 is 17.8 Å². The van der Waals surface area contributed by atoms with E-state index in [1.165, 1.54) is 7.05 Å². The van der Waals surface area contributed by atoms with Gasteiger partial charge >= 0.3 is 5.97 Å². The van der Waals surface area contributed by atoms with Crippen LogP contribution in [0.25, 0.3) is 0 Å². The molecule has 0 aliphatic rings. The second kappa shape index (κ2) is 5.78. The number of hydrogen-bond acceptors (Lipinski definition) is 3. The Morgan fingerprint density at radius 3 is 2.33 bits per heavy atom. The fourth-order valence-corrected chi connectivity index (χ4v) is 1.79. The number of Topliss-reactive ketones (excluding diaryl/α,β-unsaturated/α-hetero) is 1. The maximum absolute atomic E-state index is 12.2. The second-order valence-corrected chi connectivity index (χ2v) is 4.65. The van der Waals surface area contributed by atoms with Crippen molar-refractivity contribution in [2.24, 2.45) is 0 Å². The van der Waals surface area contributed by atoms with Gasteiger partial charge in [-0.25, -0.2) is 0 Å². The van der Waals surface area contributed by atoms with E-state index in [2.05, 4.69) is 5.32 Å². The van der Waals surface area contributed by atoms with Gasteiger partial charge in [0.15, 0.2) is 11.8 Å². The number of carboxylic acids is 1. The van der Waals surface area contributed by atoms with Gasteiger partial charge in [-0.2, -0.15) is 0 Å². The summed E-state index contributed by atoms with van der Waals surface area (Å²) >= 11 is 0. The molecule has 1 unspecified atom stereocenters. The van der Waals surface area contributed by atoms with Gasteiger partial charge < -0.3 is 10.4 Å². The molecule has 0 amide bonds. The van der Waals surface area contributed by atoms with Crippen LogP contribution >= 0.6 is 0 Å². The molecule has 0 fully saturated rings. The van der Waals surface area contributed by atoms with E-state index in [1.807, 2.05) is 32.9 Å². The zero-order chi connectivity index (χ0) is 13.9. The number of carbonyl (C=O) groups is 2. The third-order valence-electron chi connectivity index (χ3n) is 2.99. The minimum atomic E-state index is -1.19. The van der Waals surface area contributed by atoms with Crippen molar-refractivity contribution >= 4 is 11.8 Å². The smallest absolute Gasteiger partial charge is 0.328 e. The average Bonchev–Trinajstić information content (AvgIpc) is 2.29. The third-order valence-corrected chi connectivity index (χ3v) is 2.99. The van der Waals surface area contributed by atoms with E-state index in [1.54, 1.807) is 6.07 Å². The molecule has 0 bridgehead atoms. The summed E-state index contributed by atoms with van der Waals surface area (Å²) in [7, 11) is 1.47. The number of aryl methyl sites for hydroxylation is 1. The zero-order valence-corrected chi connectivity index (χ0v) is 11.2. The first-order chi connectivity index (χ1) is 8.38. The SMILES string of the molecule is CNC(C(=O)O)C(=O)c1cc(C(C)C)ccc1C. The van der Waals surface area contributed by atoms with Crippen molar-refractivity contribution in [2.75, 3.05) is 7.05 Å². The molecule has 18 heavy (non-hydrogen) atoms. The number of carbonyl (C=O) groups excluding carboxylic acids is 1. The number of carboxylic acid groups (broad SMARTS) is 1. The van der Waals surface area contributed by atoms with Crippen LogP contribution in [0.2, 0.25) is 0 Å². The molecule has 0 radical (unpaired) electrons. The maximum Gasteiger partial charge on any atom is 0.328 e. The first-order valence-corrected chi connectivity index (χ1v) is 5.93. The number of nitrogens with one attached hydrogen (secondary N) is 1. The molecule has 1 aromatic carbocycles. The Balaban J connectivity index is 3.19. The summed E-state index contributed by atoms with van der Waals surface area (Å²) in [5.41, 5.74) is 2.30. The molecule has 0 aromatic heterocycles. The molecule has 0 aliphatic heterocycles. The molecule has 0 saturated heterocycles. The topological polar surface area (TPSA) is 66.4 Å². The first kappa shape index (κ1) is 14.4. The van der Waals surface area contributed by atoms with Crippen molar-refractivity contribution < 1.29 is 14.7 Å². The molecule has 2 N–H and O–H groups in total. The van der Waals surface area contributed by atoms with Crippen LogP contribution in [0, 0.1) is 6.92 Å². The number of rotatable bonds is 5. The van der Waals surface area contributed by atoms with Crippen molar-refractivity contribution in [3.8, 4) is 0 Å². The Bertz CT molecular complexity index is 466. The number of aliphatic carboxylic acids is 1. The van der Waals surface area contributed by atoms with Crippen LogP contribution in [-0.4, -0.2) is 29.9 Å². The van der Waals surface area contributed by atoms with Gasteiger partial charge in [0.2, 0.25) is 0 Å². The summed E-state index contributed by atoms with van der Waals surface area (Å²) < 4.78 is 0. The summed E-state index contributed by atoms with van der Waals surface area (Å²) in [4.78, 5) is 23.2. The molecule has 98 valence electrons. The van der Waals surface area contributed by atoms with Crippen molar-refractivity contribution in [1.82, 2.24) is 5.32 Å². The molecule has 4 heteroatoms. The van der Waals surface area contributed by atoms with E-state index in [-0.39, 0.29) is 0 Å². The van der Waals surface area contributed by atoms with Crippen molar-refractivity contribution in [1.29, 1.82) is 0 Å².